The molecule has 1 saturated carbocycles. The standard InChI is InChI=1S/C18H25FN2O2/c1-2-3-12-20-17(22)13-4-6-14(7-5-13)18(23)21-16-10-8-15(19)9-11-16/h8-11,13-14H,2-7,12H2,1H3,(H,20,22)(H,21,23). The lowest BCUT2D eigenvalue weighted by molar-refractivity contribution is -0.128. The maximum atomic E-state index is 12.9. The molecule has 0 atom stereocenters. The van der Waals surface area contributed by atoms with Gasteiger partial charge in [-0.05, 0) is 56.4 Å². The summed E-state index contributed by atoms with van der Waals surface area (Å²) in [7, 11) is 0. The van der Waals surface area contributed by atoms with Crippen molar-refractivity contribution in [3.05, 3.63) is 30.1 Å². The van der Waals surface area contributed by atoms with E-state index in [-0.39, 0.29) is 29.5 Å². The fourth-order valence-corrected chi connectivity index (χ4v) is 2.93. The zero-order valence-corrected chi connectivity index (χ0v) is 13.6. The van der Waals surface area contributed by atoms with E-state index in [1.807, 2.05) is 0 Å². The number of amides is 2. The van der Waals surface area contributed by atoms with E-state index in [9.17, 15) is 14.0 Å². The van der Waals surface area contributed by atoms with Crippen LogP contribution >= 0.6 is 0 Å². The summed E-state index contributed by atoms with van der Waals surface area (Å²) in [6.45, 7) is 2.83. The third-order valence-electron chi connectivity index (χ3n) is 4.41. The van der Waals surface area contributed by atoms with E-state index in [1.54, 1.807) is 12.1 Å². The van der Waals surface area contributed by atoms with Crippen LogP contribution in [0.1, 0.15) is 45.4 Å². The Kier molecular flexibility index (Phi) is 6.56. The van der Waals surface area contributed by atoms with Gasteiger partial charge in [-0.3, -0.25) is 9.59 Å². The average molecular weight is 320 g/mol. The molecule has 0 heterocycles. The number of nitrogens with one attached hydrogen (secondary N) is 2. The monoisotopic (exact) mass is 320 g/mol. The first-order valence-electron chi connectivity index (χ1n) is 8.44. The maximum absolute atomic E-state index is 12.9. The summed E-state index contributed by atoms with van der Waals surface area (Å²) >= 11 is 0. The van der Waals surface area contributed by atoms with Gasteiger partial charge in [-0.1, -0.05) is 13.3 Å². The molecule has 1 aliphatic carbocycles. The summed E-state index contributed by atoms with van der Waals surface area (Å²) in [5.74, 6) is -0.281. The van der Waals surface area contributed by atoms with Crippen molar-refractivity contribution in [2.75, 3.05) is 11.9 Å². The molecule has 0 aromatic heterocycles. The molecule has 0 aliphatic heterocycles. The van der Waals surface area contributed by atoms with Crippen LogP contribution in [0.25, 0.3) is 0 Å². The Balaban J connectivity index is 1.76. The molecule has 2 amide bonds. The van der Waals surface area contributed by atoms with Crippen molar-refractivity contribution in [1.29, 1.82) is 0 Å². The van der Waals surface area contributed by atoms with Crippen LogP contribution in [0.4, 0.5) is 10.1 Å². The lowest BCUT2D eigenvalue weighted by Crippen LogP contribution is -2.35. The van der Waals surface area contributed by atoms with Crippen LogP contribution in [0.5, 0.6) is 0 Å². The van der Waals surface area contributed by atoms with Crippen molar-refractivity contribution in [1.82, 2.24) is 5.32 Å². The molecule has 4 nitrogen and oxygen atoms in total. The summed E-state index contributed by atoms with van der Waals surface area (Å²) in [5, 5.41) is 5.79. The fourth-order valence-electron chi connectivity index (χ4n) is 2.93. The number of unbranched alkanes of at least 4 members (excludes halogenated alkanes) is 1. The molecule has 0 radical (unpaired) electrons. The van der Waals surface area contributed by atoms with Crippen molar-refractivity contribution in [3.8, 4) is 0 Å². The second kappa shape index (κ2) is 8.65. The molecule has 1 aliphatic rings. The second-order valence-electron chi connectivity index (χ2n) is 6.19. The molecule has 23 heavy (non-hydrogen) atoms. The minimum absolute atomic E-state index is 0.0294. The number of benzene rings is 1. The van der Waals surface area contributed by atoms with Gasteiger partial charge < -0.3 is 10.6 Å². The van der Waals surface area contributed by atoms with Crippen LogP contribution in [0.15, 0.2) is 24.3 Å². The number of carbonyl (C=O) groups excluding carboxylic acids is 2. The molecule has 1 aromatic carbocycles. The van der Waals surface area contributed by atoms with Gasteiger partial charge in [-0.25, -0.2) is 4.39 Å². The van der Waals surface area contributed by atoms with Crippen molar-refractivity contribution in [3.63, 3.8) is 0 Å². The fraction of sp³-hybridized carbons (Fsp3) is 0.556. The first-order chi connectivity index (χ1) is 11.1. The van der Waals surface area contributed by atoms with Gasteiger partial charge >= 0.3 is 0 Å². The third kappa shape index (κ3) is 5.34. The highest BCUT2D eigenvalue weighted by molar-refractivity contribution is 5.92. The predicted molar refractivity (Wildman–Crippen MR) is 88.4 cm³/mol. The Bertz CT molecular complexity index is 522. The van der Waals surface area contributed by atoms with Gasteiger partial charge in [-0.15, -0.1) is 0 Å². The maximum Gasteiger partial charge on any atom is 0.227 e. The number of rotatable bonds is 6. The number of halogens is 1. The highest BCUT2D eigenvalue weighted by atomic mass is 19.1. The van der Waals surface area contributed by atoms with Gasteiger partial charge in [0.2, 0.25) is 11.8 Å². The van der Waals surface area contributed by atoms with Gasteiger partial charge in [0.25, 0.3) is 0 Å². The molecular formula is C18H25FN2O2. The van der Waals surface area contributed by atoms with E-state index in [0.717, 1.165) is 45.1 Å². The van der Waals surface area contributed by atoms with Gasteiger partial charge in [0, 0.05) is 24.1 Å². The molecular weight excluding hydrogens is 295 g/mol. The van der Waals surface area contributed by atoms with Crippen LogP contribution in [-0.2, 0) is 9.59 Å². The molecule has 5 heteroatoms. The molecule has 126 valence electrons. The van der Waals surface area contributed by atoms with E-state index in [2.05, 4.69) is 17.6 Å². The number of carbonyl (C=O) groups is 2. The molecule has 1 aromatic rings. The smallest absolute Gasteiger partial charge is 0.227 e. The van der Waals surface area contributed by atoms with E-state index in [1.165, 1.54) is 12.1 Å². The first kappa shape index (κ1) is 17.4. The minimum Gasteiger partial charge on any atom is -0.356 e. The third-order valence-corrected chi connectivity index (χ3v) is 4.41. The van der Waals surface area contributed by atoms with Gasteiger partial charge in [0.15, 0.2) is 0 Å². The van der Waals surface area contributed by atoms with Crippen LogP contribution in [-0.4, -0.2) is 18.4 Å². The van der Waals surface area contributed by atoms with Crippen LogP contribution in [0.3, 0.4) is 0 Å². The summed E-state index contributed by atoms with van der Waals surface area (Å²) in [4.78, 5) is 24.3. The Morgan fingerprint density at radius 2 is 1.61 bits per heavy atom. The highest BCUT2D eigenvalue weighted by Crippen LogP contribution is 2.29. The van der Waals surface area contributed by atoms with E-state index >= 15 is 0 Å². The normalized spacial score (nSPS) is 20.8. The van der Waals surface area contributed by atoms with E-state index in [0.29, 0.717) is 5.69 Å². The van der Waals surface area contributed by atoms with Gasteiger partial charge in [0.1, 0.15) is 5.82 Å². The molecule has 0 unspecified atom stereocenters. The highest BCUT2D eigenvalue weighted by Gasteiger charge is 2.29. The van der Waals surface area contributed by atoms with Crippen LogP contribution in [0, 0.1) is 17.7 Å². The summed E-state index contributed by atoms with van der Waals surface area (Å²) in [6, 6.07) is 5.76. The number of anilines is 1. The molecule has 0 bridgehead atoms. The lowest BCUT2D eigenvalue weighted by Gasteiger charge is -2.27. The molecule has 0 spiro atoms. The number of hydrogen-bond donors (Lipinski definition) is 2. The predicted octanol–water partition coefficient (Wildman–Crippen LogP) is 3.49. The quantitative estimate of drug-likeness (QED) is 0.788. The van der Waals surface area contributed by atoms with E-state index in [4.69, 9.17) is 0 Å². The van der Waals surface area contributed by atoms with Crippen molar-refractivity contribution in [2.24, 2.45) is 11.8 Å². The second-order valence-corrected chi connectivity index (χ2v) is 6.19. The Hall–Kier alpha value is -1.91. The van der Waals surface area contributed by atoms with Gasteiger partial charge in [0.05, 0.1) is 0 Å². The van der Waals surface area contributed by atoms with E-state index < -0.39 is 0 Å². The van der Waals surface area contributed by atoms with Crippen molar-refractivity contribution in [2.45, 2.75) is 45.4 Å². The first-order valence-corrected chi connectivity index (χ1v) is 8.44. The summed E-state index contributed by atoms with van der Waals surface area (Å²) in [6.07, 6.45) is 5.01. The Morgan fingerprint density at radius 1 is 1.04 bits per heavy atom. The minimum atomic E-state index is -0.322. The van der Waals surface area contributed by atoms with Gasteiger partial charge in [-0.2, -0.15) is 0 Å². The zero-order chi connectivity index (χ0) is 16.7. The largest absolute Gasteiger partial charge is 0.356 e. The number of hydrogen-bond acceptors (Lipinski definition) is 2. The molecule has 2 rings (SSSR count). The molecule has 1 fully saturated rings. The molecule has 0 saturated heterocycles. The topological polar surface area (TPSA) is 58.2 Å². The Morgan fingerprint density at radius 3 is 2.17 bits per heavy atom. The van der Waals surface area contributed by atoms with Crippen molar-refractivity contribution < 1.29 is 14.0 Å². The molecule has 2 N–H and O–H groups in total. The van der Waals surface area contributed by atoms with Crippen LogP contribution in [0.2, 0.25) is 0 Å². The lowest BCUT2D eigenvalue weighted by atomic mass is 9.81. The summed E-state index contributed by atoms with van der Waals surface area (Å²) < 4.78 is 12.9. The SMILES string of the molecule is CCCCNC(=O)C1CCC(C(=O)Nc2ccc(F)cc2)CC1. The zero-order valence-electron chi connectivity index (χ0n) is 13.6. The van der Waals surface area contributed by atoms with Crippen molar-refractivity contribution >= 4 is 17.5 Å². The van der Waals surface area contributed by atoms with Crippen LogP contribution < -0.4 is 10.6 Å². The summed E-state index contributed by atoms with van der Waals surface area (Å²) in [5.41, 5.74) is 0.607. The average Bonchev–Trinajstić information content (AvgIpc) is 2.57. The Labute approximate surface area is 136 Å².